The summed E-state index contributed by atoms with van der Waals surface area (Å²) in [6, 6.07) is 6.67. The number of amides is 3. The number of esters is 1. The molecule has 8 nitrogen and oxygen atoms in total. The van der Waals surface area contributed by atoms with E-state index in [1.165, 1.54) is 9.80 Å². The van der Waals surface area contributed by atoms with Gasteiger partial charge < -0.3 is 14.5 Å². The molecule has 1 aliphatic carbocycles. The summed E-state index contributed by atoms with van der Waals surface area (Å²) in [5, 5.41) is 0. The summed E-state index contributed by atoms with van der Waals surface area (Å²) in [6.45, 7) is 7.19. The Bertz CT molecular complexity index is 931. The van der Waals surface area contributed by atoms with Crippen LogP contribution in [0, 0.1) is 0 Å². The molecule has 1 saturated carbocycles. The summed E-state index contributed by atoms with van der Waals surface area (Å²) in [5.41, 5.74) is -0.680. The average Bonchev–Trinajstić information content (AvgIpc) is 3.48. The molecule has 3 amide bonds. The third-order valence-corrected chi connectivity index (χ3v) is 6.27. The molecule has 4 rings (SSSR count). The van der Waals surface area contributed by atoms with Crippen molar-refractivity contribution < 1.29 is 23.9 Å². The zero-order valence-corrected chi connectivity index (χ0v) is 18.5. The molecule has 2 heterocycles. The van der Waals surface area contributed by atoms with Gasteiger partial charge in [-0.3, -0.25) is 19.3 Å². The number of ether oxygens (including phenoxy) is 1. The summed E-state index contributed by atoms with van der Waals surface area (Å²) in [4.78, 5) is 57.2. The minimum Gasteiger partial charge on any atom is -0.452 e. The molecule has 1 atom stereocenters. The number of anilines is 1. The fourth-order valence-electron chi connectivity index (χ4n) is 5.00. The van der Waals surface area contributed by atoms with Crippen LogP contribution < -0.4 is 4.90 Å². The Hall–Kier alpha value is -2.90. The predicted octanol–water partition coefficient (Wildman–Crippen LogP) is 2.32. The Kier molecular flexibility index (Phi) is 5.27. The molecule has 1 saturated heterocycles. The number of rotatable bonds is 6. The highest BCUT2D eigenvalue weighted by atomic mass is 16.5. The lowest BCUT2D eigenvalue weighted by molar-refractivity contribution is -0.163. The van der Waals surface area contributed by atoms with Crippen molar-refractivity contribution in [1.29, 1.82) is 0 Å². The van der Waals surface area contributed by atoms with E-state index >= 15 is 0 Å². The van der Waals surface area contributed by atoms with Gasteiger partial charge >= 0.3 is 5.97 Å². The summed E-state index contributed by atoms with van der Waals surface area (Å²) >= 11 is 0. The van der Waals surface area contributed by atoms with Gasteiger partial charge in [0.2, 0.25) is 11.6 Å². The lowest BCUT2D eigenvalue weighted by Gasteiger charge is -2.48. The molecule has 0 spiro atoms. The van der Waals surface area contributed by atoms with Gasteiger partial charge in [-0.15, -0.1) is 0 Å². The first-order valence-electron chi connectivity index (χ1n) is 10.9. The van der Waals surface area contributed by atoms with Crippen LogP contribution in [0.4, 0.5) is 5.69 Å². The first kappa shape index (κ1) is 21.3. The van der Waals surface area contributed by atoms with Crippen LogP contribution in [0.1, 0.15) is 63.7 Å². The van der Waals surface area contributed by atoms with Gasteiger partial charge in [0.1, 0.15) is 0 Å². The van der Waals surface area contributed by atoms with E-state index < -0.39 is 18.2 Å². The van der Waals surface area contributed by atoms with E-state index in [0.29, 0.717) is 11.3 Å². The van der Waals surface area contributed by atoms with Crippen molar-refractivity contribution in [1.82, 2.24) is 9.80 Å². The summed E-state index contributed by atoms with van der Waals surface area (Å²) in [7, 11) is 0. The fourth-order valence-corrected chi connectivity index (χ4v) is 5.00. The molecule has 3 aliphatic rings. The Labute approximate surface area is 182 Å². The van der Waals surface area contributed by atoms with Crippen LogP contribution in [-0.4, -0.2) is 63.9 Å². The molecule has 1 aromatic rings. The number of carbonyl (C=O) groups is 4. The van der Waals surface area contributed by atoms with Gasteiger partial charge in [-0.25, -0.2) is 4.79 Å². The summed E-state index contributed by atoms with van der Waals surface area (Å²) in [6.07, 6.45) is 1.85. The maximum absolute atomic E-state index is 13.5. The third-order valence-electron chi connectivity index (χ3n) is 6.27. The van der Waals surface area contributed by atoms with Crippen molar-refractivity contribution >= 4 is 29.4 Å². The highest BCUT2D eigenvalue weighted by Gasteiger charge is 2.64. The van der Waals surface area contributed by atoms with E-state index in [-0.39, 0.29) is 48.7 Å². The SMILES string of the molecule is CC(C)N(C(=O)COC(=O)[C@]12CCC(=O)N1c1ccccc1C(=O)N2C1CC1)C(C)C. The number of carbonyl (C=O) groups excluding carboxylic acids is 4. The average molecular weight is 428 g/mol. The number of benzene rings is 1. The van der Waals surface area contributed by atoms with E-state index in [1.54, 1.807) is 29.2 Å². The Balaban J connectivity index is 1.68. The minimum absolute atomic E-state index is 0.0416. The molecule has 2 aliphatic heterocycles. The maximum Gasteiger partial charge on any atom is 0.354 e. The quantitative estimate of drug-likeness (QED) is 0.650. The molecule has 31 heavy (non-hydrogen) atoms. The van der Waals surface area contributed by atoms with Gasteiger partial charge in [-0.2, -0.15) is 0 Å². The first-order valence-corrected chi connectivity index (χ1v) is 10.9. The normalized spacial score (nSPS) is 22.6. The number of nitrogens with zero attached hydrogens (tertiary/aromatic N) is 3. The third kappa shape index (κ3) is 3.28. The maximum atomic E-state index is 13.5. The Morgan fingerprint density at radius 3 is 2.39 bits per heavy atom. The lowest BCUT2D eigenvalue weighted by Crippen LogP contribution is -2.69. The second-order valence-electron chi connectivity index (χ2n) is 9.03. The molecule has 2 fully saturated rings. The van der Waals surface area contributed by atoms with Gasteiger partial charge in [0.05, 0.1) is 11.3 Å². The molecule has 0 radical (unpaired) electrons. The van der Waals surface area contributed by atoms with Gasteiger partial charge in [0.25, 0.3) is 11.8 Å². The van der Waals surface area contributed by atoms with Crippen LogP contribution in [0.3, 0.4) is 0 Å². The molecular formula is C23H29N3O5. The van der Waals surface area contributed by atoms with Crippen LogP contribution in [0.25, 0.3) is 0 Å². The van der Waals surface area contributed by atoms with Crippen molar-refractivity contribution in [2.75, 3.05) is 11.5 Å². The molecule has 0 unspecified atom stereocenters. The zero-order valence-electron chi connectivity index (χ0n) is 18.5. The van der Waals surface area contributed by atoms with Crippen molar-refractivity contribution in [2.24, 2.45) is 0 Å². The minimum atomic E-state index is -1.52. The van der Waals surface area contributed by atoms with E-state index in [0.717, 1.165) is 12.8 Å². The predicted molar refractivity (Wildman–Crippen MR) is 113 cm³/mol. The molecular weight excluding hydrogens is 398 g/mol. The van der Waals surface area contributed by atoms with Crippen molar-refractivity contribution in [3.05, 3.63) is 29.8 Å². The lowest BCUT2D eigenvalue weighted by atomic mass is 9.96. The van der Waals surface area contributed by atoms with Crippen LogP contribution in [0.5, 0.6) is 0 Å². The molecule has 0 aromatic heterocycles. The highest BCUT2D eigenvalue weighted by molar-refractivity contribution is 6.15. The van der Waals surface area contributed by atoms with Crippen LogP contribution >= 0.6 is 0 Å². The molecule has 1 aromatic carbocycles. The zero-order chi connectivity index (χ0) is 22.5. The van der Waals surface area contributed by atoms with Crippen LogP contribution in [-0.2, 0) is 19.1 Å². The second kappa shape index (κ2) is 7.66. The van der Waals surface area contributed by atoms with Gasteiger partial charge in [0, 0.05) is 31.0 Å². The van der Waals surface area contributed by atoms with Crippen molar-refractivity contribution in [3.8, 4) is 0 Å². The first-order chi connectivity index (χ1) is 14.7. The van der Waals surface area contributed by atoms with Gasteiger partial charge in [-0.1, -0.05) is 12.1 Å². The van der Waals surface area contributed by atoms with Crippen molar-refractivity contribution in [2.45, 2.75) is 77.2 Å². The Morgan fingerprint density at radius 1 is 1.13 bits per heavy atom. The van der Waals surface area contributed by atoms with E-state index in [4.69, 9.17) is 4.74 Å². The second-order valence-corrected chi connectivity index (χ2v) is 9.03. The topological polar surface area (TPSA) is 87.2 Å². The molecule has 0 bridgehead atoms. The summed E-state index contributed by atoms with van der Waals surface area (Å²) in [5.74, 6) is -1.50. The van der Waals surface area contributed by atoms with Crippen LogP contribution in [0.2, 0.25) is 0 Å². The number of hydrogen-bond acceptors (Lipinski definition) is 5. The molecule has 166 valence electrons. The van der Waals surface area contributed by atoms with E-state index in [1.807, 2.05) is 27.7 Å². The van der Waals surface area contributed by atoms with Gasteiger partial charge in [0.15, 0.2) is 6.61 Å². The Morgan fingerprint density at radius 2 is 1.77 bits per heavy atom. The van der Waals surface area contributed by atoms with E-state index in [9.17, 15) is 19.2 Å². The number of hydrogen-bond donors (Lipinski definition) is 0. The van der Waals surface area contributed by atoms with E-state index in [2.05, 4.69) is 0 Å². The summed E-state index contributed by atoms with van der Waals surface area (Å²) < 4.78 is 5.53. The number of fused-ring (bicyclic) bond motifs is 3. The molecule has 0 N–H and O–H groups in total. The molecule has 8 heteroatoms. The monoisotopic (exact) mass is 427 g/mol. The van der Waals surface area contributed by atoms with Gasteiger partial charge in [-0.05, 0) is 52.7 Å². The standard InChI is InChI=1S/C23H29N3O5/c1-14(2)24(15(3)4)20(28)13-31-22(30)23-12-11-19(27)26(23)18-8-6-5-7-17(18)21(29)25(23)16-9-10-16/h5-8,14-16H,9-13H2,1-4H3/t23-/m0/s1. The van der Waals surface area contributed by atoms with Crippen LogP contribution in [0.15, 0.2) is 24.3 Å². The van der Waals surface area contributed by atoms with Crippen molar-refractivity contribution in [3.63, 3.8) is 0 Å². The fraction of sp³-hybridized carbons (Fsp3) is 0.565. The smallest absolute Gasteiger partial charge is 0.354 e. The highest BCUT2D eigenvalue weighted by Crippen LogP contribution is 2.49. The largest absolute Gasteiger partial charge is 0.452 e. The number of para-hydroxylation sites is 1.